The van der Waals surface area contributed by atoms with E-state index < -0.39 is 0 Å². The first-order valence-corrected chi connectivity index (χ1v) is 5.38. The van der Waals surface area contributed by atoms with Crippen molar-refractivity contribution >= 4 is 27.3 Å². The van der Waals surface area contributed by atoms with Crippen LogP contribution in [0.5, 0.6) is 0 Å². The molecule has 0 aliphatic carbocycles. The van der Waals surface area contributed by atoms with Crippen LogP contribution in [0.3, 0.4) is 0 Å². The predicted octanol–water partition coefficient (Wildman–Crippen LogP) is 3.39. The molecule has 1 atom stereocenters. The van der Waals surface area contributed by atoms with Gasteiger partial charge in [0.25, 0.3) is 0 Å². The molecule has 0 fully saturated rings. The number of rotatable bonds is 3. The minimum atomic E-state index is 0.109. The highest BCUT2D eigenvalue weighted by Crippen LogP contribution is 2.31. The van der Waals surface area contributed by atoms with Crippen LogP contribution in [-0.2, 0) is 0 Å². The zero-order valence-corrected chi connectivity index (χ0v) is 9.41. The Morgan fingerprint density at radius 1 is 1.83 bits per heavy atom. The Bertz CT molecular complexity index is 261. The maximum Gasteiger partial charge on any atom is 0.0731 e. The van der Waals surface area contributed by atoms with Crippen molar-refractivity contribution < 1.29 is 0 Å². The molecular weight excluding hydrogens is 234 g/mol. The number of hydrogen-bond acceptors (Lipinski definition) is 2. The van der Waals surface area contributed by atoms with Crippen molar-refractivity contribution in [3.8, 4) is 0 Å². The summed E-state index contributed by atoms with van der Waals surface area (Å²) in [5, 5.41) is 0. The lowest BCUT2D eigenvalue weighted by Crippen LogP contribution is -2.06. The molecule has 3 heteroatoms. The lowest BCUT2D eigenvalue weighted by atomic mass is 10.2. The zero-order valence-electron chi connectivity index (χ0n) is 7.01. The van der Waals surface area contributed by atoms with E-state index in [-0.39, 0.29) is 6.04 Å². The van der Waals surface area contributed by atoms with E-state index in [1.165, 1.54) is 14.2 Å². The van der Waals surface area contributed by atoms with E-state index in [1.807, 2.05) is 6.08 Å². The van der Waals surface area contributed by atoms with Gasteiger partial charge in [-0.1, -0.05) is 6.08 Å². The highest BCUT2D eigenvalue weighted by molar-refractivity contribution is 9.11. The highest BCUT2D eigenvalue weighted by atomic mass is 79.9. The van der Waals surface area contributed by atoms with E-state index in [1.54, 1.807) is 11.3 Å². The van der Waals surface area contributed by atoms with Gasteiger partial charge in [-0.15, -0.1) is 17.9 Å². The highest BCUT2D eigenvalue weighted by Gasteiger charge is 2.08. The van der Waals surface area contributed by atoms with Gasteiger partial charge in [-0.3, -0.25) is 0 Å². The van der Waals surface area contributed by atoms with E-state index in [9.17, 15) is 0 Å². The van der Waals surface area contributed by atoms with Crippen LogP contribution >= 0.6 is 27.3 Å². The fourth-order valence-electron chi connectivity index (χ4n) is 0.962. The molecule has 66 valence electrons. The molecule has 0 unspecified atom stereocenters. The number of hydrogen-bond donors (Lipinski definition) is 1. The summed E-state index contributed by atoms with van der Waals surface area (Å²) < 4.78 is 1.18. The van der Waals surface area contributed by atoms with Crippen molar-refractivity contribution in [2.24, 2.45) is 5.73 Å². The first-order chi connectivity index (χ1) is 5.65. The summed E-state index contributed by atoms with van der Waals surface area (Å²) in [5.41, 5.74) is 7.16. The van der Waals surface area contributed by atoms with Crippen LogP contribution < -0.4 is 5.73 Å². The molecule has 0 bridgehead atoms. The molecular formula is C9H12BrNS. The molecule has 0 radical (unpaired) electrons. The van der Waals surface area contributed by atoms with Gasteiger partial charge < -0.3 is 5.73 Å². The Kier molecular flexibility index (Phi) is 3.50. The molecule has 1 heterocycles. The third kappa shape index (κ3) is 2.19. The largest absolute Gasteiger partial charge is 0.323 e. The van der Waals surface area contributed by atoms with Crippen molar-refractivity contribution in [3.05, 3.63) is 32.9 Å². The zero-order chi connectivity index (χ0) is 9.14. The summed E-state index contributed by atoms with van der Waals surface area (Å²) in [5.74, 6) is 0. The van der Waals surface area contributed by atoms with Gasteiger partial charge in [0, 0.05) is 10.9 Å². The van der Waals surface area contributed by atoms with Gasteiger partial charge in [0.05, 0.1) is 3.79 Å². The molecule has 1 nitrogen and oxygen atoms in total. The molecule has 0 saturated carbocycles. The summed E-state index contributed by atoms with van der Waals surface area (Å²) in [6.07, 6.45) is 2.69. The van der Waals surface area contributed by atoms with E-state index in [0.29, 0.717) is 0 Å². The summed E-state index contributed by atoms with van der Waals surface area (Å²) in [6, 6.07) is 2.24. The van der Waals surface area contributed by atoms with Crippen LogP contribution in [0.25, 0.3) is 0 Å². The average molecular weight is 246 g/mol. The van der Waals surface area contributed by atoms with E-state index in [0.717, 1.165) is 6.42 Å². The molecule has 0 amide bonds. The van der Waals surface area contributed by atoms with Gasteiger partial charge in [0.2, 0.25) is 0 Å². The maximum absolute atomic E-state index is 5.91. The number of aryl methyl sites for hydroxylation is 1. The van der Waals surface area contributed by atoms with Crippen LogP contribution in [0, 0.1) is 6.92 Å². The Hall–Kier alpha value is -0.120. The second-order valence-electron chi connectivity index (χ2n) is 2.74. The van der Waals surface area contributed by atoms with Crippen LogP contribution in [0.1, 0.15) is 22.9 Å². The summed E-state index contributed by atoms with van der Waals surface area (Å²) in [6.45, 7) is 5.74. The van der Waals surface area contributed by atoms with Crippen LogP contribution in [0.2, 0.25) is 0 Å². The number of halogens is 1. The van der Waals surface area contributed by atoms with Crippen molar-refractivity contribution in [1.29, 1.82) is 0 Å². The van der Waals surface area contributed by atoms with Gasteiger partial charge >= 0.3 is 0 Å². The second-order valence-corrected chi connectivity index (χ2v) is 5.14. The molecule has 2 N–H and O–H groups in total. The molecule has 0 aromatic carbocycles. The maximum atomic E-state index is 5.91. The van der Waals surface area contributed by atoms with Gasteiger partial charge in [0.15, 0.2) is 0 Å². The summed E-state index contributed by atoms with van der Waals surface area (Å²) in [4.78, 5) is 1.22. The van der Waals surface area contributed by atoms with E-state index >= 15 is 0 Å². The normalized spacial score (nSPS) is 12.9. The first-order valence-electron chi connectivity index (χ1n) is 3.77. The Balaban J connectivity index is 2.80. The minimum Gasteiger partial charge on any atom is -0.323 e. The molecule has 0 spiro atoms. The molecule has 0 saturated heterocycles. The van der Waals surface area contributed by atoms with Crippen molar-refractivity contribution in [2.45, 2.75) is 19.4 Å². The third-order valence-corrected chi connectivity index (χ3v) is 3.93. The first kappa shape index (κ1) is 9.96. The lowest BCUT2D eigenvalue weighted by Gasteiger charge is -2.03. The standard InChI is InChI=1S/C9H12BrNS/c1-3-4-7(11)8-5-6(2)9(10)12-8/h3,5,7H,1,4,11H2,2H3/t7-/m1/s1. The Morgan fingerprint density at radius 3 is 2.92 bits per heavy atom. The van der Waals surface area contributed by atoms with Crippen molar-refractivity contribution in [2.75, 3.05) is 0 Å². The van der Waals surface area contributed by atoms with Gasteiger partial charge in [0.1, 0.15) is 0 Å². The van der Waals surface area contributed by atoms with E-state index in [4.69, 9.17) is 5.73 Å². The Labute approximate surface area is 85.4 Å². The smallest absolute Gasteiger partial charge is 0.0731 e. The fraction of sp³-hybridized carbons (Fsp3) is 0.333. The quantitative estimate of drug-likeness (QED) is 0.813. The molecule has 0 aliphatic heterocycles. The molecule has 1 rings (SSSR count). The summed E-state index contributed by atoms with van der Waals surface area (Å²) in [7, 11) is 0. The average Bonchev–Trinajstić information content (AvgIpc) is 2.33. The monoisotopic (exact) mass is 245 g/mol. The number of thiophene rings is 1. The molecule has 0 aliphatic rings. The van der Waals surface area contributed by atoms with Gasteiger partial charge in [-0.25, -0.2) is 0 Å². The predicted molar refractivity (Wildman–Crippen MR) is 58.5 cm³/mol. The van der Waals surface area contributed by atoms with Crippen molar-refractivity contribution in [1.82, 2.24) is 0 Å². The second kappa shape index (κ2) is 4.21. The minimum absolute atomic E-state index is 0.109. The van der Waals surface area contributed by atoms with Crippen LogP contribution in [0.15, 0.2) is 22.5 Å². The Morgan fingerprint density at radius 2 is 2.50 bits per heavy atom. The molecule has 1 aromatic heterocycles. The van der Waals surface area contributed by atoms with Crippen LogP contribution in [0.4, 0.5) is 0 Å². The lowest BCUT2D eigenvalue weighted by molar-refractivity contribution is 0.757. The van der Waals surface area contributed by atoms with E-state index in [2.05, 4.69) is 35.5 Å². The topological polar surface area (TPSA) is 26.0 Å². The van der Waals surface area contributed by atoms with Gasteiger partial charge in [-0.05, 0) is 40.9 Å². The molecule has 1 aromatic rings. The summed E-state index contributed by atoms with van der Waals surface area (Å²) >= 11 is 5.18. The third-order valence-electron chi connectivity index (χ3n) is 1.66. The number of nitrogens with two attached hydrogens (primary N) is 1. The fourth-order valence-corrected chi connectivity index (χ4v) is 2.55. The van der Waals surface area contributed by atoms with Crippen molar-refractivity contribution in [3.63, 3.8) is 0 Å². The van der Waals surface area contributed by atoms with Gasteiger partial charge in [-0.2, -0.15) is 0 Å². The molecule has 12 heavy (non-hydrogen) atoms. The van der Waals surface area contributed by atoms with Crippen LogP contribution in [-0.4, -0.2) is 0 Å². The SMILES string of the molecule is C=CC[C@@H](N)c1cc(C)c(Br)s1.